The third kappa shape index (κ3) is 9.81. The first kappa shape index (κ1) is 18.9. The van der Waals surface area contributed by atoms with Crippen LogP contribution in [0.3, 0.4) is 0 Å². The summed E-state index contributed by atoms with van der Waals surface area (Å²) in [4.78, 5) is 21.7. The maximum absolute atomic E-state index is 10.9. The number of aliphatic carboxylic acids is 1. The number of thiol groups is 1. The highest BCUT2D eigenvalue weighted by atomic mass is 32.1. The summed E-state index contributed by atoms with van der Waals surface area (Å²) in [5, 5.41) is 11.8. The number of nitrogens with one attached hydrogen (secondary N) is 1. The minimum absolute atomic E-state index is 0.182. The van der Waals surface area contributed by atoms with E-state index in [0.717, 1.165) is 18.4 Å². The van der Waals surface area contributed by atoms with E-state index in [1.165, 1.54) is 5.57 Å². The van der Waals surface area contributed by atoms with Gasteiger partial charge in [-0.1, -0.05) is 23.3 Å². The molecule has 0 aliphatic carbocycles. The molecule has 0 rings (SSSR count). The SMILES string of the molecule is CC(=O)CC(C)=CCC/C(C)=C/CN[C@@H](CS)C(=O)O. The van der Waals surface area contributed by atoms with Gasteiger partial charge in [-0.3, -0.25) is 9.59 Å². The number of ketones is 1. The van der Waals surface area contributed by atoms with Gasteiger partial charge >= 0.3 is 5.97 Å². The number of carbonyl (C=O) groups is 2. The first-order valence-electron chi connectivity index (χ1n) is 6.74. The van der Waals surface area contributed by atoms with E-state index in [2.05, 4.69) is 24.0 Å². The van der Waals surface area contributed by atoms with E-state index >= 15 is 0 Å². The highest BCUT2D eigenvalue weighted by Gasteiger charge is 2.12. The van der Waals surface area contributed by atoms with Crippen LogP contribution in [0.2, 0.25) is 0 Å². The molecule has 0 aromatic carbocycles. The van der Waals surface area contributed by atoms with Crippen molar-refractivity contribution in [3.8, 4) is 0 Å². The number of carboxylic acid groups (broad SMARTS) is 1. The molecule has 5 heteroatoms. The van der Waals surface area contributed by atoms with Gasteiger partial charge in [0, 0.05) is 18.7 Å². The molecule has 0 unspecified atom stereocenters. The van der Waals surface area contributed by atoms with E-state index in [-0.39, 0.29) is 11.5 Å². The monoisotopic (exact) mass is 299 g/mol. The zero-order chi connectivity index (χ0) is 15.5. The van der Waals surface area contributed by atoms with Gasteiger partial charge in [-0.25, -0.2) is 0 Å². The molecule has 0 saturated carbocycles. The fourth-order valence-electron chi connectivity index (χ4n) is 1.72. The van der Waals surface area contributed by atoms with Gasteiger partial charge in [0.1, 0.15) is 11.8 Å². The van der Waals surface area contributed by atoms with Gasteiger partial charge in [0.25, 0.3) is 0 Å². The van der Waals surface area contributed by atoms with Gasteiger partial charge in [-0.15, -0.1) is 0 Å². The van der Waals surface area contributed by atoms with Crippen LogP contribution in [0.4, 0.5) is 0 Å². The maximum Gasteiger partial charge on any atom is 0.321 e. The van der Waals surface area contributed by atoms with Crippen molar-refractivity contribution in [2.24, 2.45) is 0 Å². The molecule has 0 aliphatic heterocycles. The third-order valence-electron chi connectivity index (χ3n) is 2.85. The second-order valence-corrected chi connectivity index (χ2v) is 5.37. The second kappa shape index (κ2) is 10.7. The van der Waals surface area contributed by atoms with E-state index in [0.29, 0.717) is 13.0 Å². The summed E-state index contributed by atoms with van der Waals surface area (Å²) in [6.07, 6.45) is 6.41. The predicted molar refractivity (Wildman–Crippen MR) is 85.3 cm³/mol. The molecule has 0 aromatic heterocycles. The molecule has 0 aromatic rings. The minimum Gasteiger partial charge on any atom is -0.480 e. The molecule has 1 atom stereocenters. The van der Waals surface area contributed by atoms with Gasteiger partial charge in [-0.05, 0) is 33.6 Å². The number of hydrogen-bond acceptors (Lipinski definition) is 4. The van der Waals surface area contributed by atoms with Gasteiger partial charge in [0.2, 0.25) is 0 Å². The Labute approximate surface area is 126 Å². The summed E-state index contributed by atoms with van der Waals surface area (Å²) in [6.45, 7) is 6.10. The fourth-order valence-corrected chi connectivity index (χ4v) is 2.00. The van der Waals surface area contributed by atoms with Crippen LogP contribution in [0.15, 0.2) is 23.3 Å². The first-order valence-corrected chi connectivity index (χ1v) is 7.37. The lowest BCUT2D eigenvalue weighted by Gasteiger charge is -2.10. The zero-order valence-corrected chi connectivity index (χ0v) is 13.4. The topological polar surface area (TPSA) is 66.4 Å². The predicted octanol–water partition coefficient (Wildman–Crippen LogP) is 2.61. The number of allylic oxidation sites excluding steroid dienone is 3. The molecule has 0 radical (unpaired) electrons. The Kier molecular flexibility index (Phi) is 10.1. The van der Waals surface area contributed by atoms with Gasteiger partial charge in [0.05, 0.1) is 0 Å². The summed E-state index contributed by atoms with van der Waals surface area (Å²) in [5.41, 5.74) is 2.30. The normalized spacial score (nSPS) is 14.2. The molecule has 0 saturated heterocycles. The Morgan fingerprint density at radius 2 is 1.85 bits per heavy atom. The molecular formula is C15H25NO3S. The minimum atomic E-state index is -0.881. The smallest absolute Gasteiger partial charge is 0.321 e. The Bertz CT molecular complexity index is 389. The number of carboxylic acids is 1. The lowest BCUT2D eigenvalue weighted by Crippen LogP contribution is -2.38. The Morgan fingerprint density at radius 3 is 2.35 bits per heavy atom. The summed E-state index contributed by atoms with van der Waals surface area (Å²) < 4.78 is 0. The molecule has 0 heterocycles. The van der Waals surface area contributed by atoms with Gasteiger partial charge in [0.15, 0.2) is 0 Å². The highest BCUT2D eigenvalue weighted by molar-refractivity contribution is 7.80. The van der Waals surface area contributed by atoms with Crippen molar-refractivity contribution in [3.63, 3.8) is 0 Å². The summed E-state index contributed by atoms with van der Waals surface area (Å²) in [6, 6.07) is -0.611. The van der Waals surface area contributed by atoms with E-state index in [1.54, 1.807) is 6.92 Å². The van der Waals surface area contributed by atoms with Crippen molar-refractivity contribution in [1.82, 2.24) is 5.32 Å². The standard InChI is InChI=1S/C15H25NO3S/c1-11(5-4-6-12(2)9-13(3)17)7-8-16-14(10-20)15(18)19/h6-7,14,16,20H,4-5,8-10H2,1-3H3,(H,18,19)/b11-7+,12-6?/t14-/m0/s1. The summed E-state index contributed by atoms with van der Waals surface area (Å²) in [5.74, 6) is -0.426. The van der Waals surface area contributed by atoms with Crippen LogP contribution >= 0.6 is 12.6 Å². The Balaban J connectivity index is 4.03. The number of carbonyl (C=O) groups excluding carboxylic acids is 1. The Morgan fingerprint density at radius 1 is 1.20 bits per heavy atom. The zero-order valence-electron chi connectivity index (χ0n) is 12.5. The summed E-state index contributed by atoms with van der Waals surface area (Å²) in [7, 11) is 0. The highest BCUT2D eigenvalue weighted by Crippen LogP contribution is 2.08. The van der Waals surface area contributed by atoms with Crippen LogP contribution in [-0.2, 0) is 9.59 Å². The molecule has 20 heavy (non-hydrogen) atoms. The molecule has 0 spiro atoms. The van der Waals surface area contributed by atoms with Gasteiger partial charge in [-0.2, -0.15) is 12.6 Å². The maximum atomic E-state index is 10.9. The molecule has 2 N–H and O–H groups in total. The molecule has 0 bridgehead atoms. The van der Waals surface area contributed by atoms with Crippen molar-refractivity contribution in [3.05, 3.63) is 23.3 Å². The summed E-state index contributed by atoms with van der Waals surface area (Å²) >= 11 is 3.99. The largest absolute Gasteiger partial charge is 0.480 e. The van der Waals surface area contributed by atoms with Crippen molar-refractivity contribution < 1.29 is 14.7 Å². The van der Waals surface area contributed by atoms with Crippen LogP contribution in [0.5, 0.6) is 0 Å². The lowest BCUT2D eigenvalue weighted by molar-refractivity contribution is -0.138. The average molecular weight is 299 g/mol. The molecule has 114 valence electrons. The molecule has 0 amide bonds. The first-order chi connectivity index (χ1) is 9.36. The molecule has 4 nitrogen and oxygen atoms in total. The molecule has 0 fully saturated rings. The van der Waals surface area contributed by atoms with Crippen molar-refractivity contribution >= 4 is 24.4 Å². The van der Waals surface area contributed by atoms with Crippen LogP contribution in [0, 0.1) is 0 Å². The van der Waals surface area contributed by atoms with E-state index in [1.807, 2.05) is 19.9 Å². The molecular weight excluding hydrogens is 274 g/mol. The molecule has 0 aliphatic rings. The van der Waals surface area contributed by atoms with E-state index in [9.17, 15) is 9.59 Å². The third-order valence-corrected chi connectivity index (χ3v) is 3.22. The van der Waals surface area contributed by atoms with Crippen molar-refractivity contribution in [2.75, 3.05) is 12.3 Å². The van der Waals surface area contributed by atoms with Crippen LogP contribution < -0.4 is 5.32 Å². The quantitative estimate of drug-likeness (QED) is 0.428. The van der Waals surface area contributed by atoms with Crippen molar-refractivity contribution in [2.45, 2.75) is 46.1 Å². The van der Waals surface area contributed by atoms with Crippen molar-refractivity contribution in [1.29, 1.82) is 0 Å². The fraction of sp³-hybridized carbons (Fsp3) is 0.600. The van der Waals surface area contributed by atoms with Gasteiger partial charge < -0.3 is 10.4 Å². The Hall–Kier alpha value is -1.07. The number of rotatable bonds is 10. The average Bonchev–Trinajstić information content (AvgIpc) is 2.33. The van der Waals surface area contributed by atoms with E-state index < -0.39 is 12.0 Å². The van der Waals surface area contributed by atoms with E-state index in [4.69, 9.17) is 5.11 Å². The number of Topliss-reactive ketones (excluding diaryl/α,β-unsaturated/α-hetero) is 1. The van der Waals surface area contributed by atoms with Crippen LogP contribution in [0.1, 0.15) is 40.0 Å². The lowest BCUT2D eigenvalue weighted by atomic mass is 10.1. The van der Waals surface area contributed by atoms with Crippen LogP contribution in [0.25, 0.3) is 0 Å². The second-order valence-electron chi connectivity index (χ2n) is 5.00. The number of hydrogen-bond donors (Lipinski definition) is 3. The van der Waals surface area contributed by atoms with Crippen LogP contribution in [-0.4, -0.2) is 35.2 Å².